The average molecular weight is 289 g/mol. The van der Waals surface area contributed by atoms with Gasteiger partial charge >= 0.3 is 0 Å². The van der Waals surface area contributed by atoms with Crippen molar-refractivity contribution in [2.75, 3.05) is 25.4 Å². The van der Waals surface area contributed by atoms with Crippen molar-refractivity contribution in [3.63, 3.8) is 0 Å². The number of hydrogen-bond acceptors (Lipinski definition) is 4. The van der Waals surface area contributed by atoms with E-state index < -0.39 is 9.84 Å². The molecule has 0 spiro atoms. The molecule has 1 atom stereocenters. The van der Waals surface area contributed by atoms with Gasteiger partial charge in [-0.25, -0.2) is 8.42 Å². The molecule has 1 saturated heterocycles. The van der Waals surface area contributed by atoms with Crippen molar-refractivity contribution in [3.8, 4) is 0 Å². The van der Waals surface area contributed by atoms with Gasteiger partial charge in [0.2, 0.25) is 0 Å². The second-order valence-corrected chi connectivity index (χ2v) is 7.17. The zero-order valence-electron chi connectivity index (χ0n) is 10.0. The monoisotopic (exact) mass is 288 g/mol. The number of nitrogens with zero attached hydrogens (tertiary/aromatic N) is 1. The molecule has 100 valence electrons. The number of rotatable bonds is 4. The maximum absolute atomic E-state index is 12.1. The van der Waals surface area contributed by atoms with E-state index in [2.05, 4.69) is 4.90 Å². The summed E-state index contributed by atoms with van der Waals surface area (Å²) in [6, 6.07) is 6.48. The first-order valence-corrected chi connectivity index (χ1v) is 7.97. The predicted molar refractivity (Wildman–Crippen MR) is 72.5 cm³/mol. The predicted octanol–water partition coefficient (Wildman–Crippen LogP) is 1.15. The number of benzene rings is 1. The molecule has 18 heavy (non-hydrogen) atoms. The summed E-state index contributed by atoms with van der Waals surface area (Å²) in [5.41, 5.74) is 5.79. The van der Waals surface area contributed by atoms with Gasteiger partial charge in [-0.05, 0) is 37.2 Å². The normalized spacial score (nSPS) is 21.3. The largest absolute Gasteiger partial charge is 0.326 e. The molecule has 0 unspecified atom stereocenters. The molecule has 1 aromatic rings. The molecule has 0 radical (unpaired) electrons. The second kappa shape index (κ2) is 5.57. The lowest BCUT2D eigenvalue weighted by Gasteiger charge is -2.14. The van der Waals surface area contributed by atoms with Crippen LogP contribution in [0.1, 0.15) is 6.42 Å². The van der Waals surface area contributed by atoms with Crippen molar-refractivity contribution < 1.29 is 8.42 Å². The van der Waals surface area contributed by atoms with Gasteiger partial charge in [0, 0.05) is 24.2 Å². The van der Waals surface area contributed by atoms with Crippen LogP contribution in [0.4, 0.5) is 0 Å². The fourth-order valence-electron chi connectivity index (χ4n) is 2.07. The van der Waals surface area contributed by atoms with Gasteiger partial charge in [0.15, 0.2) is 9.84 Å². The third-order valence-electron chi connectivity index (χ3n) is 3.16. The van der Waals surface area contributed by atoms with E-state index in [1.165, 1.54) is 0 Å². The Morgan fingerprint density at radius 3 is 2.56 bits per heavy atom. The quantitative estimate of drug-likeness (QED) is 0.903. The second-order valence-electron chi connectivity index (χ2n) is 4.62. The zero-order chi connectivity index (χ0) is 13.2. The molecule has 0 aromatic heterocycles. The van der Waals surface area contributed by atoms with Gasteiger partial charge < -0.3 is 10.6 Å². The molecule has 1 aliphatic rings. The van der Waals surface area contributed by atoms with Crippen LogP contribution in [0.3, 0.4) is 0 Å². The molecule has 2 N–H and O–H groups in total. The molecule has 1 aliphatic heterocycles. The highest BCUT2D eigenvalue weighted by Crippen LogP contribution is 2.16. The van der Waals surface area contributed by atoms with E-state index in [-0.39, 0.29) is 11.8 Å². The molecule has 6 heteroatoms. The molecule has 0 saturated carbocycles. The highest BCUT2D eigenvalue weighted by Gasteiger charge is 2.21. The van der Waals surface area contributed by atoms with Crippen LogP contribution in [-0.4, -0.2) is 44.7 Å². The Morgan fingerprint density at radius 1 is 1.33 bits per heavy atom. The molecule has 1 fully saturated rings. The zero-order valence-corrected chi connectivity index (χ0v) is 11.6. The molecule has 0 amide bonds. The lowest BCUT2D eigenvalue weighted by Crippen LogP contribution is -2.30. The van der Waals surface area contributed by atoms with Gasteiger partial charge in [0.05, 0.1) is 10.6 Å². The SMILES string of the molecule is N[C@@H]1CCN(CCS(=O)(=O)c2ccc(Cl)cc2)C1. The summed E-state index contributed by atoms with van der Waals surface area (Å²) in [6.45, 7) is 2.21. The topological polar surface area (TPSA) is 63.4 Å². The Bertz CT molecular complexity index is 501. The summed E-state index contributed by atoms with van der Waals surface area (Å²) < 4.78 is 24.2. The Balaban J connectivity index is 1.97. The maximum atomic E-state index is 12.1. The minimum Gasteiger partial charge on any atom is -0.326 e. The maximum Gasteiger partial charge on any atom is 0.179 e. The number of sulfone groups is 1. The summed E-state index contributed by atoms with van der Waals surface area (Å²) in [6.07, 6.45) is 0.945. The number of hydrogen-bond donors (Lipinski definition) is 1. The minimum atomic E-state index is -3.22. The minimum absolute atomic E-state index is 0.126. The molecular weight excluding hydrogens is 272 g/mol. The number of halogens is 1. The third-order valence-corrected chi connectivity index (χ3v) is 5.12. The van der Waals surface area contributed by atoms with Gasteiger partial charge in [-0.2, -0.15) is 0 Å². The average Bonchev–Trinajstić information content (AvgIpc) is 2.73. The van der Waals surface area contributed by atoms with Crippen LogP contribution in [0.2, 0.25) is 5.02 Å². The van der Waals surface area contributed by atoms with Gasteiger partial charge in [-0.1, -0.05) is 11.6 Å². The van der Waals surface area contributed by atoms with E-state index in [9.17, 15) is 8.42 Å². The van der Waals surface area contributed by atoms with E-state index in [1.54, 1.807) is 24.3 Å². The lowest BCUT2D eigenvalue weighted by molar-refractivity contribution is 0.354. The van der Waals surface area contributed by atoms with Gasteiger partial charge in [0.25, 0.3) is 0 Å². The molecule has 1 aromatic carbocycles. The highest BCUT2D eigenvalue weighted by molar-refractivity contribution is 7.91. The van der Waals surface area contributed by atoms with Crippen LogP contribution in [0.25, 0.3) is 0 Å². The smallest absolute Gasteiger partial charge is 0.179 e. The van der Waals surface area contributed by atoms with Crippen molar-refractivity contribution in [2.45, 2.75) is 17.4 Å². The summed E-state index contributed by atoms with van der Waals surface area (Å²) >= 11 is 5.74. The molecule has 4 nitrogen and oxygen atoms in total. The van der Waals surface area contributed by atoms with Crippen LogP contribution < -0.4 is 5.73 Å². The Kier molecular flexibility index (Phi) is 4.27. The summed E-state index contributed by atoms with van der Waals surface area (Å²) in [5.74, 6) is 0.126. The van der Waals surface area contributed by atoms with Gasteiger partial charge in [-0.3, -0.25) is 0 Å². The van der Waals surface area contributed by atoms with Crippen molar-refractivity contribution in [2.24, 2.45) is 5.73 Å². The van der Waals surface area contributed by atoms with Crippen LogP contribution in [0.5, 0.6) is 0 Å². The van der Waals surface area contributed by atoms with Gasteiger partial charge in [-0.15, -0.1) is 0 Å². The first kappa shape index (κ1) is 13.8. The molecule has 0 bridgehead atoms. The standard InChI is InChI=1S/C12H17ClN2O2S/c13-10-1-3-12(4-2-10)18(16,17)8-7-15-6-5-11(14)9-15/h1-4,11H,5-9,14H2/t11-/m1/s1. The van der Waals surface area contributed by atoms with Crippen molar-refractivity contribution in [1.82, 2.24) is 4.90 Å². The van der Waals surface area contributed by atoms with Crippen molar-refractivity contribution >= 4 is 21.4 Å². The molecule has 1 heterocycles. The molecule has 2 rings (SSSR count). The Morgan fingerprint density at radius 2 is 2.00 bits per heavy atom. The first-order valence-electron chi connectivity index (χ1n) is 5.93. The Labute approximate surface area is 113 Å². The van der Waals surface area contributed by atoms with Crippen molar-refractivity contribution in [3.05, 3.63) is 29.3 Å². The van der Waals surface area contributed by atoms with E-state index in [1.807, 2.05) is 0 Å². The fourth-order valence-corrected chi connectivity index (χ4v) is 3.49. The van der Waals surface area contributed by atoms with E-state index >= 15 is 0 Å². The van der Waals surface area contributed by atoms with Crippen LogP contribution >= 0.6 is 11.6 Å². The van der Waals surface area contributed by atoms with Crippen LogP contribution in [0, 0.1) is 0 Å². The first-order chi connectivity index (χ1) is 8.47. The molecular formula is C12H17ClN2O2S. The third kappa shape index (κ3) is 3.45. The van der Waals surface area contributed by atoms with Gasteiger partial charge in [0.1, 0.15) is 0 Å². The van der Waals surface area contributed by atoms with Crippen LogP contribution in [-0.2, 0) is 9.84 Å². The summed E-state index contributed by atoms with van der Waals surface area (Å²) in [5, 5.41) is 0.541. The van der Waals surface area contributed by atoms with E-state index in [0.717, 1.165) is 19.5 Å². The number of likely N-dealkylation sites (tertiary alicyclic amines) is 1. The highest BCUT2D eigenvalue weighted by atomic mass is 35.5. The van der Waals surface area contributed by atoms with Crippen LogP contribution in [0.15, 0.2) is 29.2 Å². The molecule has 0 aliphatic carbocycles. The van der Waals surface area contributed by atoms with E-state index in [0.29, 0.717) is 16.5 Å². The summed E-state index contributed by atoms with van der Waals surface area (Å²) in [7, 11) is -3.22. The van der Waals surface area contributed by atoms with Crippen molar-refractivity contribution in [1.29, 1.82) is 0 Å². The Hall–Kier alpha value is -0.620. The lowest BCUT2D eigenvalue weighted by atomic mass is 10.3. The van der Waals surface area contributed by atoms with E-state index in [4.69, 9.17) is 17.3 Å². The summed E-state index contributed by atoms with van der Waals surface area (Å²) in [4.78, 5) is 2.42. The fraction of sp³-hybridized carbons (Fsp3) is 0.500. The number of nitrogens with two attached hydrogens (primary N) is 1.